The predicted octanol–water partition coefficient (Wildman–Crippen LogP) is 0.258. The lowest BCUT2D eigenvalue weighted by molar-refractivity contribution is -0.122. The molecular weight excluding hydrogens is 116 g/mol. The molecule has 0 aromatic heterocycles. The molecule has 1 fully saturated rings. The minimum Gasteiger partial charge on any atom is -0.338 e. The number of hydrogen-bond donors (Lipinski definition) is 1. The second-order valence-electron chi connectivity index (χ2n) is 2.11. The van der Waals surface area contributed by atoms with Gasteiger partial charge < -0.3 is 4.90 Å². The fourth-order valence-corrected chi connectivity index (χ4v) is 0.948. The van der Waals surface area contributed by atoms with E-state index < -0.39 is 0 Å². The van der Waals surface area contributed by atoms with Crippen LogP contribution >= 0.6 is 0 Å². The van der Waals surface area contributed by atoms with Gasteiger partial charge in [0.1, 0.15) is 0 Å². The van der Waals surface area contributed by atoms with Crippen LogP contribution in [0.2, 0.25) is 0 Å². The van der Waals surface area contributed by atoms with Crippen LogP contribution in [-0.2, 0) is 4.79 Å². The summed E-state index contributed by atoms with van der Waals surface area (Å²) in [5.41, 5.74) is 0.261. The van der Waals surface area contributed by atoms with Crippen molar-refractivity contribution in [1.82, 2.24) is 4.90 Å². The Morgan fingerprint density at radius 3 is 2.67 bits per heavy atom. The largest absolute Gasteiger partial charge is 0.338 e. The third-order valence-electron chi connectivity index (χ3n) is 1.56. The Labute approximate surface area is 54.2 Å². The van der Waals surface area contributed by atoms with Crippen molar-refractivity contribution < 1.29 is 4.79 Å². The van der Waals surface area contributed by atoms with E-state index in [0.29, 0.717) is 6.42 Å². The average Bonchev–Trinajstić information content (AvgIpc) is 2.15. The van der Waals surface area contributed by atoms with Crippen LogP contribution in [0, 0.1) is 5.41 Å². The van der Waals surface area contributed by atoms with Gasteiger partial charge in [0, 0.05) is 19.5 Å². The maximum Gasteiger partial charge on any atom is 0.267 e. The molecule has 3 heteroatoms. The Morgan fingerprint density at radius 1 is 1.78 bits per heavy atom. The van der Waals surface area contributed by atoms with E-state index in [2.05, 4.69) is 0 Å². The fraction of sp³-hybridized carbons (Fsp3) is 0.667. The van der Waals surface area contributed by atoms with Gasteiger partial charge in [0.15, 0.2) is 0 Å². The first-order chi connectivity index (χ1) is 4.25. The van der Waals surface area contributed by atoms with Gasteiger partial charge in [0.2, 0.25) is 0 Å². The van der Waals surface area contributed by atoms with E-state index in [1.165, 1.54) is 0 Å². The summed E-state index contributed by atoms with van der Waals surface area (Å²) in [5, 5.41) is 7.10. The van der Waals surface area contributed by atoms with Crippen molar-refractivity contribution in [1.29, 1.82) is 5.41 Å². The summed E-state index contributed by atoms with van der Waals surface area (Å²) in [6.45, 7) is 3.41. The van der Waals surface area contributed by atoms with Crippen LogP contribution in [0.5, 0.6) is 0 Å². The zero-order valence-electron chi connectivity index (χ0n) is 5.48. The lowest BCUT2D eigenvalue weighted by Gasteiger charge is -2.09. The van der Waals surface area contributed by atoms with Crippen molar-refractivity contribution in [2.45, 2.75) is 13.3 Å². The van der Waals surface area contributed by atoms with Crippen molar-refractivity contribution in [3.05, 3.63) is 0 Å². The fourth-order valence-electron chi connectivity index (χ4n) is 0.948. The normalized spacial score (nSPS) is 19.4. The second kappa shape index (κ2) is 2.17. The van der Waals surface area contributed by atoms with Gasteiger partial charge in [-0.05, 0) is 6.92 Å². The highest BCUT2D eigenvalue weighted by Gasteiger charge is 2.23. The van der Waals surface area contributed by atoms with Crippen molar-refractivity contribution in [2.75, 3.05) is 13.1 Å². The van der Waals surface area contributed by atoms with Gasteiger partial charge in [-0.1, -0.05) is 0 Å². The summed E-state index contributed by atoms with van der Waals surface area (Å²) in [4.78, 5) is 12.5. The molecule has 0 atom stereocenters. The molecule has 3 nitrogen and oxygen atoms in total. The van der Waals surface area contributed by atoms with Crippen molar-refractivity contribution in [2.24, 2.45) is 0 Å². The molecule has 50 valence electrons. The Balaban J connectivity index is 2.62. The molecule has 1 saturated heterocycles. The Bertz CT molecular complexity index is 153. The average molecular weight is 126 g/mol. The number of hydrogen-bond acceptors (Lipinski definition) is 2. The number of carbonyl (C=O) groups excluding carboxylic acids is 1. The van der Waals surface area contributed by atoms with E-state index in [1.807, 2.05) is 6.92 Å². The number of nitrogens with one attached hydrogen (secondary N) is 1. The molecule has 0 saturated carbocycles. The molecule has 0 radical (unpaired) electrons. The molecule has 1 aliphatic heterocycles. The summed E-state index contributed by atoms with van der Waals surface area (Å²) in [6, 6.07) is 0. The predicted molar refractivity (Wildman–Crippen MR) is 34.6 cm³/mol. The molecule has 0 unspecified atom stereocenters. The van der Waals surface area contributed by atoms with Gasteiger partial charge in [0.25, 0.3) is 5.91 Å². The molecule has 9 heavy (non-hydrogen) atoms. The smallest absolute Gasteiger partial charge is 0.267 e. The summed E-state index contributed by atoms with van der Waals surface area (Å²) in [5.74, 6) is -0.0856. The molecule has 0 aromatic carbocycles. The van der Waals surface area contributed by atoms with Gasteiger partial charge >= 0.3 is 0 Å². The van der Waals surface area contributed by atoms with Crippen LogP contribution in [0.1, 0.15) is 13.3 Å². The van der Waals surface area contributed by atoms with E-state index in [9.17, 15) is 4.79 Å². The maximum atomic E-state index is 10.8. The molecule has 0 aliphatic carbocycles. The third-order valence-corrected chi connectivity index (χ3v) is 1.56. The summed E-state index contributed by atoms with van der Waals surface area (Å²) in [7, 11) is 0. The molecule has 1 amide bonds. The SMILES string of the molecule is CCN1CCC(=N)C1=O. The van der Waals surface area contributed by atoms with Crippen LogP contribution in [0.4, 0.5) is 0 Å². The molecular formula is C6H10N2O. The van der Waals surface area contributed by atoms with E-state index in [-0.39, 0.29) is 11.6 Å². The quantitative estimate of drug-likeness (QED) is 0.538. The first-order valence-electron chi connectivity index (χ1n) is 3.12. The summed E-state index contributed by atoms with van der Waals surface area (Å²) < 4.78 is 0. The molecule has 1 heterocycles. The van der Waals surface area contributed by atoms with Crippen LogP contribution in [0.15, 0.2) is 0 Å². The van der Waals surface area contributed by atoms with Crippen molar-refractivity contribution in [3.63, 3.8) is 0 Å². The zero-order chi connectivity index (χ0) is 6.85. The van der Waals surface area contributed by atoms with Gasteiger partial charge in [-0.2, -0.15) is 0 Å². The third kappa shape index (κ3) is 0.943. The van der Waals surface area contributed by atoms with Gasteiger partial charge in [0.05, 0.1) is 5.71 Å². The Morgan fingerprint density at radius 2 is 2.44 bits per heavy atom. The van der Waals surface area contributed by atoms with E-state index in [0.717, 1.165) is 13.1 Å². The number of carbonyl (C=O) groups is 1. The molecule has 0 bridgehead atoms. The number of rotatable bonds is 1. The topological polar surface area (TPSA) is 44.2 Å². The van der Waals surface area contributed by atoms with Crippen LogP contribution in [0.3, 0.4) is 0 Å². The van der Waals surface area contributed by atoms with E-state index in [1.54, 1.807) is 4.90 Å². The zero-order valence-corrected chi connectivity index (χ0v) is 5.48. The van der Waals surface area contributed by atoms with E-state index >= 15 is 0 Å². The molecule has 0 spiro atoms. The minimum atomic E-state index is -0.0856. The second-order valence-corrected chi connectivity index (χ2v) is 2.11. The Hall–Kier alpha value is -0.860. The van der Waals surface area contributed by atoms with Gasteiger partial charge in [-0.3, -0.25) is 10.2 Å². The first-order valence-corrected chi connectivity index (χ1v) is 3.12. The lowest BCUT2D eigenvalue weighted by Crippen LogP contribution is -2.26. The van der Waals surface area contributed by atoms with Crippen LogP contribution in [-0.4, -0.2) is 29.6 Å². The molecule has 1 aliphatic rings. The highest BCUT2D eigenvalue weighted by atomic mass is 16.2. The van der Waals surface area contributed by atoms with Gasteiger partial charge in [-0.15, -0.1) is 0 Å². The summed E-state index contributed by atoms with van der Waals surface area (Å²) >= 11 is 0. The van der Waals surface area contributed by atoms with Crippen molar-refractivity contribution in [3.8, 4) is 0 Å². The highest BCUT2D eigenvalue weighted by Crippen LogP contribution is 2.04. The number of nitrogens with zero attached hydrogens (tertiary/aromatic N) is 1. The molecule has 0 aromatic rings. The standard InChI is InChI=1S/C6H10N2O/c1-2-8-4-3-5(7)6(8)9/h7H,2-4H2,1H3. The molecule has 1 rings (SSSR count). The van der Waals surface area contributed by atoms with E-state index in [4.69, 9.17) is 5.41 Å². The maximum absolute atomic E-state index is 10.8. The lowest BCUT2D eigenvalue weighted by atomic mass is 10.3. The van der Waals surface area contributed by atoms with Gasteiger partial charge in [-0.25, -0.2) is 0 Å². The van der Waals surface area contributed by atoms with Crippen molar-refractivity contribution >= 4 is 11.6 Å². The number of likely N-dealkylation sites (tertiary alicyclic amines) is 1. The highest BCUT2D eigenvalue weighted by molar-refractivity contribution is 6.39. The minimum absolute atomic E-state index is 0.0856. The summed E-state index contributed by atoms with van der Waals surface area (Å²) in [6.07, 6.45) is 0.632. The first kappa shape index (κ1) is 6.26. The van der Waals surface area contributed by atoms with Crippen LogP contribution < -0.4 is 0 Å². The monoisotopic (exact) mass is 126 g/mol. The molecule has 1 N–H and O–H groups in total. The Kier molecular flexibility index (Phi) is 1.51. The number of amides is 1. The van der Waals surface area contributed by atoms with Crippen LogP contribution in [0.25, 0.3) is 0 Å².